The lowest BCUT2D eigenvalue weighted by molar-refractivity contribution is -0.121. The van der Waals surface area contributed by atoms with Crippen LogP contribution < -0.4 is 9.44 Å². The first kappa shape index (κ1) is 15.2. The number of benzene rings is 1. The lowest BCUT2D eigenvalue weighted by Gasteiger charge is -2.11. The van der Waals surface area contributed by atoms with Gasteiger partial charge in [-0.15, -0.1) is 0 Å². The standard InChI is InChI=1S/C9H9F3N2O4S/c10-9(11,12)5-13-19(17,18)14-7-3-1-2-6(4-7)8(15)16/h1-4,13-14H,5H2,(H,15,16). The second-order valence-corrected chi connectivity index (χ2v) is 4.93. The van der Waals surface area contributed by atoms with Gasteiger partial charge < -0.3 is 5.11 Å². The van der Waals surface area contributed by atoms with Crippen LogP contribution in [-0.4, -0.2) is 32.2 Å². The number of carboxylic acids is 1. The van der Waals surface area contributed by atoms with Crippen molar-refractivity contribution >= 4 is 21.9 Å². The monoisotopic (exact) mass is 298 g/mol. The average Bonchev–Trinajstić information content (AvgIpc) is 2.25. The maximum atomic E-state index is 11.9. The highest BCUT2D eigenvalue weighted by Gasteiger charge is 2.29. The van der Waals surface area contributed by atoms with E-state index in [4.69, 9.17) is 5.11 Å². The minimum absolute atomic E-state index is 0.158. The molecule has 0 saturated carbocycles. The van der Waals surface area contributed by atoms with Gasteiger partial charge in [0.15, 0.2) is 0 Å². The summed E-state index contributed by atoms with van der Waals surface area (Å²) in [6, 6.07) is 4.66. The summed E-state index contributed by atoms with van der Waals surface area (Å²) in [5, 5.41) is 8.68. The number of alkyl halides is 3. The van der Waals surface area contributed by atoms with Crippen LogP contribution in [0, 0.1) is 0 Å². The van der Waals surface area contributed by atoms with Gasteiger partial charge in [0.2, 0.25) is 0 Å². The average molecular weight is 298 g/mol. The number of aromatic carboxylic acids is 1. The van der Waals surface area contributed by atoms with Crippen LogP contribution in [0.25, 0.3) is 0 Å². The molecule has 0 fully saturated rings. The Labute approximate surface area is 106 Å². The second-order valence-electron chi connectivity index (χ2n) is 3.43. The van der Waals surface area contributed by atoms with Crippen molar-refractivity contribution in [2.24, 2.45) is 0 Å². The van der Waals surface area contributed by atoms with Crippen LogP contribution in [0.15, 0.2) is 24.3 Å². The fourth-order valence-corrected chi connectivity index (χ4v) is 1.95. The molecular formula is C9H9F3N2O4S. The van der Waals surface area contributed by atoms with E-state index < -0.39 is 28.9 Å². The summed E-state index contributed by atoms with van der Waals surface area (Å²) >= 11 is 0. The van der Waals surface area contributed by atoms with E-state index in [1.165, 1.54) is 22.9 Å². The molecule has 1 rings (SSSR count). The summed E-state index contributed by atoms with van der Waals surface area (Å²) in [7, 11) is -4.42. The van der Waals surface area contributed by atoms with E-state index in [9.17, 15) is 26.4 Å². The van der Waals surface area contributed by atoms with E-state index in [0.717, 1.165) is 6.07 Å². The molecule has 0 aliphatic heterocycles. The molecule has 0 bridgehead atoms. The van der Waals surface area contributed by atoms with Gasteiger partial charge in [-0.25, -0.2) is 4.79 Å². The van der Waals surface area contributed by atoms with E-state index in [-0.39, 0.29) is 11.3 Å². The molecule has 0 aliphatic carbocycles. The lowest BCUT2D eigenvalue weighted by Crippen LogP contribution is -2.37. The summed E-state index contributed by atoms with van der Waals surface area (Å²) in [5.41, 5.74) is -0.356. The molecule has 1 aromatic rings. The molecule has 0 aliphatic rings. The number of carbonyl (C=O) groups is 1. The Morgan fingerprint density at radius 2 is 1.95 bits per heavy atom. The van der Waals surface area contributed by atoms with Gasteiger partial charge >= 0.3 is 12.1 Å². The molecule has 0 spiro atoms. The van der Waals surface area contributed by atoms with Gasteiger partial charge in [0.05, 0.1) is 11.3 Å². The highest BCUT2D eigenvalue weighted by Crippen LogP contribution is 2.14. The number of carboxylic acid groups (broad SMARTS) is 1. The number of anilines is 1. The number of halogens is 3. The van der Waals surface area contributed by atoms with Crippen molar-refractivity contribution in [1.29, 1.82) is 0 Å². The highest BCUT2D eigenvalue weighted by molar-refractivity contribution is 7.90. The zero-order valence-corrected chi connectivity index (χ0v) is 10.0. The zero-order valence-electron chi connectivity index (χ0n) is 9.23. The van der Waals surface area contributed by atoms with Crippen molar-refractivity contribution < 1.29 is 31.5 Å². The van der Waals surface area contributed by atoms with E-state index in [0.29, 0.717) is 0 Å². The first-order chi connectivity index (χ1) is 8.59. The number of hydrogen-bond donors (Lipinski definition) is 3. The molecule has 0 amide bonds. The fourth-order valence-electron chi connectivity index (χ4n) is 1.08. The Kier molecular flexibility index (Phi) is 4.37. The summed E-state index contributed by atoms with van der Waals surface area (Å²) in [4.78, 5) is 10.6. The summed E-state index contributed by atoms with van der Waals surface area (Å²) in [5.74, 6) is -1.29. The molecule has 0 unspecified atom stereocenters. The molecule has 3 N–H and O–H groups in total. The molecule has 0 atom stereocenters. The lowest BCUT2D eigenvalue weighted by atomic mass is 10.2. The van der Waals surface area contributed by atoms with Crippen molar-refractivity contribution in [3.63, 3.8) is 0 Å². The molecule has 0 radical (unpaired) electrons. The summed E-state index contributed by atoms with van der Waals surface area (Å²) in [6.45, 7) is -1.72. The minimum atomic E-state index is -4.68. The predicted molar refractivity (Wildman–Crippen MR) is 60.0 cm³/mol. The third-order valence-electron chi connectivity index (χ3n) is 1.82. The maximum Gasteiger partial charge on any atom is 0.402 e. The van der Waals surface area contributed by atoms with Gasteiger partial charge in [-0.2, -0.15) is 26.3 Å². The van der Waals surface area contributed by atoms with Gasteiger partial charge in [-0.1, -0.05) is 6.07 Å². The van der Waals surface area contributed by atoms with Gasteiger partial charge in [-0.3, -0.25) is 4.72 Å². The molecule has 0 saturated heterocycles. The van der Waals surface area contributed by atoms with E-state index in [2.05, 4.69) is 0 Å². The van der Waals surface area contributed by atoms with Crippen molar-refractivity contribution in [3.05, 3.63) is 29.8 Å². The smallest absolute Gasteiger partial charge is 0.402 e. The van der Waals surface area contributed by atoms with Crippen LogP contribution in [-0.2, 0) is 10.2 Å². The third kappa shape index (κ3) is 5.57. The van der Waals surface area contributed by atoms with Gasteiger partial charge in [0.1, 0.15) is 6.54 Å². The van der Waals surface area contributed by atoms with E-state index >= 15 is 0 Å². The highest BCUT2D eigenvalue weighted by atomic mass is 32.2. The minimum Gasteiger partial charge on any atom is -0.478 e. The molecule has 1 aromatic carbocycles. The fraction of sp³-hybridized carbons (Fsp3) is 0.222. The number of nitrogens with one attached hydrogen (secondary N) is 2. The molecular weight excluding hydrogens is 289 g/mol. The van der Waals surface area contributed by atoms with Crippen LogP contribution in [0.4, 0.5) is 18.9 Å². The Balaban J connectivity index is 2.78. The zero-order chi connectivity index (χ0) is 14.7. The van der Waals surface area contributed by atoms with Crippen LogP contribution in [0.5, 0.6) is 0 Å². The molecule has 10 heteroatoms. The largest absolute Gasteiger partial charge is 0.478 e. The molecule has 6 nitrogen and oxygen atoms in total. The van der Waals surface area contributed by atoms with Gasteiger partial charge in [-0.05, 0) is 18.2 Å². The van der Waals surface area contributed by atoms with Gasteiger partial charge in [0, 0.05) is 0 Å². The van der Waals surface area contributed by atoms with Crippen molar-refractivity contribution in [2.75, 3.05) is 11.3 Å². The van der Waals surface area contributed by atoms with Crippen LogP contribution in [0.2, 0.25) is 0 Å². The Bertz CT molecular complexity index is 571. The van der Waals surface area contributed by atoms with Crippen LogP contribution in [0.3, 0.4) is 0 Å². The topological polar surface area (TPSA) is 95.5 Å². The van der Waals surface area contributed by atoms with E-state index in [1.54, 1.807) is 4.72 Å². The maximum absolute atomic E-state index is 11.9. The normalized spacial score (nSPS) is 12.2. The van der Waals surface area contributed by atoms with Crippen LogP contribution >= 0.6 is 0 Å². The van der Waals surface area contributed by atoms with Gasteiger partial charge in [0.25, 0.3) is 10.2 Å². The number of hydrogen-bond acceptors (Lipinski definition) is 3. The predicted octanol–water partition coefficient (Wildman–Crippen LogP) is 1.19. The Hall–Kier alpha value is -1.81. The Morgan fingerprint density at radius 3 is 2.47 bits per heavy atom. The third-order valence-corrected chi connectivity index (χ3v) is 2.85. The number of rotatable bonds is 5. The molecule has 0 heterocycles. The van der Waals surface area contributed by atoms with E-state index in [1.807, 2.05) is 0 Å². The second kappa shape index (κ2) is 5.45. The van der Waals surface area contributed by atoms with Crippen LogP contribution in [0.1, 0.15) is 10.4 Å². The SMILES string of the molecule is O=C(O)c1cccc(NS(=O)(=O)NCC(F)(F)F)c1. The quantitative estimate of drug-likeness (QED) is 0.761. The first-order valence-corrected chi connectivity index (χ1v) is 6.25. The van der Waals surface area contributed by atoms with Crippen molar-refractivity contribution in [3.8, 4) is 0 Å². The summed E-state index contributed by atoms with van der Waals surface area (Å²) < 4.78 is 61.2. The van der Waals surface area contributed by atoms with Crippen molar-refractivity contribution in [1.82, 2.24) is 4.72 Å². The van der Waals surface area contributed by atoms with Crippen molar-refractivity contribution in [2.45, 2.75) is 6.18 Å². The molecule has 0 aromatic heterocycles. The summed E-state index contributed by atoms with van der Waals surface area (Å²) in [6.07, 6.45) is -4.68. The molecule has 106 valence electrons. The Morgan fingerprint density at radius 1 is 1.32 bits per heavy atom. The first-order valence-electron chi connectivity index (χ1n) is 4.76. The molecule has 19 heavy (non-hydrogen) atoms.